The Morgan fingerprint density at radius 3 is 2.61 bits per heavy atom. The third-order valence-corrected chi connectivity index (χ3v) is 5.08. The molecule has 0 atom stereocenters. The summed E-state index contributed by atoms with van der Waals surface area (Å²) in [6, 6.07) is 5.44. The third kappa shape index (κ3) is 3.15. The van der Waals surface area contributed by atoms with Gasteiger partial charge < -0.3 is 4.90 Å². The van der Waals surface area contributed by atoms with Crippen molar-refractivity contribution >= 4 is 22.6 Å². The van der Waals surface area contributed by atoms with Crippen LogP contribution < -0.4 is 4.90 Å². The van der Waals surface area contributed by atoms with Gasteiger partial charge in [-0.2, -0.15) is 5.10 Å². The molecule has 7 heteroatoms. The van der Waals surface area contributed by atoms with E-state index in [0.29, 0.717) is 34.7 Å². The molecule has 4 rings (SSSR count). The second-order valence-corrected chi connectivity index (χ2v) is 7.44. The molecule has 1 aromatic carbocycles. The molecule has 2 heterocycles. The van der Waals surface area contributed by atoms with Crippen molar-refractivity contribution in [1.29, 1.82) is 0 Å². The van der Waals surface area contributed by atoms with Gasteiger partial charge in [-0.25, -0.2) is 18.4 Å². The highest BCUT2D eigenvalue weighted by Crippen LogP contribution is 2.40. The van der Waals surface area contributed by atoms with Crippen LogP contribution in [0.4, 0.5) is 14.5 Å². The SMILES string of the molecule is CCN(C(=O)c1cc(C2CC2)nc2c1cnn2C(C)C)c1ccc(F)c(F)c1. The lowest BCUT2D eigenvalue weighted by Crippen LogP contribution is -2.31. The minimum absolute atomic E-state index is 0.107. The number of pyridine rings is 1. The van der Waals surface area contributed by atoms with Gasteiger partial charge in [0.05, 0.1) is 17.1 Å². The highest BCUT2D eigenvalue weighted by molar-refractivity contribution is 6.13. The van der Waals surface area contributed by atoms with Crippen LogP contribution in [0.5, 0.6) is 0 Å². The number of aromatic nitrogens is 3. The number of fused-ring (bicyclic) bond motifs is 1. The van der Waals surface area contributed by atoms with Crippen molar-refractivity contribution < 1.29 is 13.6 Å². The standard InChI is InChI=1S/C21H22F2N4O/c1-4-26(14-7-8-17(22)18(23)9-14)21(28)15-10-19(13-5-6-13)25-20-16(15)11-24-27(20)12(2)3/h7-13H,4-6H2,1-3H3. The molecule has 0 aliphatic heterocycles. The zero-order valence-corrected chi connectivity index (χ0v) is 16.1. The lowest BCUT2D eigenvalue weighted by atomic mass is 10.1. The molecule has 1 saturated carbocycles. The zero-order chi connectivity index (χ0) is 20.0. The van der Waals surface area contributed by atoms with Gasteiger partial charge in [0.1, 0.15) is 0 Å². The fourth-order valence-electron chi connectivity index (χ4n) is 3.42. The monoisotopic (exact) mass is 384 g/mol. The molecule has 0 radical (unpaired) electrons. The van der Waals surface area contributed by atoms with Crippen LogP contribution in [0.25, 0.3) is 11.0 Å². The van der Waals surface area contributed by atoms with E-state index >= 15 is 0 Å². The van der Waals surface area contributed by atoms with E-state index in [1.807, 2.05) is 24.6 Å². The summed E-state index contributed by atoms with van der Waals surface area (Å²) < 4.78 is 28.9. The van der Waals surface area contributed by atoms with Crippen LogP contribution in [-0.4, -0.2) is 27.2 Å². The van der Waals surface area contributed by atoms with Crippen molar-refractivity contribution in [2.45, 2.75) is 45.6 Å². The molecule has 1 fully saturated rings. The first-order valence-corrected chi connectivity index (χ1v) is 9.55. The van der Waals surface area contributed by atoms with Gasteiger partial charge >= 0.3 is 0 Å². The van der Waals surface area contributed by atoms with Crippen molar-refractivity contribution in [3.63, 3.8) is 0 Å². The summed E-state index contributed by atoms with van der Waals surface area (Å²) in [7, 11) is 0. The van der Waals surface area contributed by atoms with Gasteiger partial charge in [0.25, 0.3) is 5.91 Å². The van der Waals surface area contributed by atoms with Gasteiger partial charge in [0.2, 0.25) is 0 Å². The lowest BCUT2D eigenvalue weighted by Gasteiger charge is -2.22. The summed E-state index contributed by atoms with van der Waals surface area (Å²) in [5, 5.41) is 5.09. The Labute approximate surface area is 162 Å². The minimum atomic E-state index is -0.977. The van der Waals surface area contributed by atoms with Gasteiger partial charge in [-0.15, -0.1) is 0 Å². The summed E-state index contributed by atoms with van der Waals surface area (Å²) in [5.74, 6) is -1.82. The number of hydrogen-bond acceptors (Lipinski definition) is 3. The Kier molecular flexibility index (Phi) is 4.61. The van der Waals surface area contributed by atoms with Crippen molar-refractivity contribution in [2.24, 2.45) is 0 Å². The maximum Gasteiger partial charge on any atom is 0.259 e. The molecule has 0 N–H and O–H groups in total. The molecule has 0 unspecified atom stereocenters. The molecular formula is C21H22F2N4O. The highest BCUT2D eigenvalue weighted by Gasteiger charge is 2.29. The van der Waals surface area contributed by atoms with E-state index in [2.05, 4.69) is 5.10 Å². The van der Waals surface area contributed by atoms with Crippen molar-refractivity contribution in [2.75, 3.05) is 11.4 Å². The average Bonchev–Trinajstić information content (AvgIpc) is 3.43. The van der Waals surface area contributed by atoms with Gasteiger partial charge in [0, 0.05) is 36.0 Å². The molecule has 1 amide bonds. The van der Waals surface area contributed by atoms with E-state index < -0.39 is 11.6 Å². The second kappa shape index (κ2) is 6.96. The summed E-state index contributed by atoms with van der Waals surface area (Å²) in [4.78, 5) is 19.6. The predicted molar refractivity (Wildman–Crippen MR) is 104 cm³/mol. The first kappa shape index (κ1) is 18.5. The number of benzene rings is 1. The van der Waals surface area contributed by atoms with Crippen LogP contribution in [0, 0.1) is 11.6 Å². The van der Waals surface area contributed by atoms with Crippen molar-refractivity contribution in [3.05, 3.63) is 53.4 Å². The molecular weight excluding hydrogens is 362 g/mol. The Balaban J connectivity index is 1.84. The maximum absolute atomic E-state index is 13.7. The molecule has 2 aromatic heterocycles. The molecule has 3 aromatic rings. The van der Waals surface area contributed by atoms with E-state index in [4.69, 9.17) is 4.98 Å². The molecule has 0 spiro atoms. The Bertz CT molecular complexity index is 1060. The number of amides is 1. The summed E-state index contributed by atoms with van der Waals surface area (Å²) in [6.07, 6.45) is 3.77. The van der Waals surface area contributed by atoms with E-state index in [1.54, 1.807) is 13.1 Å². The number of hydrogen-bond donors (Lipinski definition) is 0. The van der Waals surface area contributed by atoms with Crippen LogP contribution in [0.15, 0.2) is 30.5 Å². The number of carbonyl (C=O) groups is 1. The van der Waals surface area contributed by atoms with Crippen LogP contribution in [-0.2, 0) is 0 Å². The summed E-state index contributed by atoms with van der Waals surface area (Å²) >= 11 is 0. The van der Waals surface area contributed by atoms with Crippen molar-refractivity contribution in [3.8, 4) is 0 Å². The molecule has 1 aliphatic carbocycles. The second-order valence-electron chi connectivity index (χ2n) is 7.44. The summed E-state index contributed by atoms with van der Waals surface area (Å²) in [5.41, 5.74) is 2.38. The average molecular weight is 384 g/mol. The molecule has 5 nitrogen and oxygen atoms in total. The number of halogens is 2. The van der Waals surface area contributed by atoms with E-state index in [1.165, 1.54) is 11.0 Å². The first-order valence-electron chi connectivity index (χ1n) is 9.55. The molecule has 28 heavy (non-hydrogen) atoms. The molecule has 0 bridgehead atoms. The fraction of sp³-hybridized carbons (Fsp3) is 0.381. The minimum Gasteiger partial charge on any atom is -0.309 e. The molecule has 1 aliphatic rings. The van der Waals surface area contributed by atoms with Gasteiger partial charge in [0.15, 0.2) is 17.3 Å². The Morgan fingerprint density at radius 1 is 1.25 bits per heavy atom. The number of rotatable bonds is 5. The third-order valence-electron chi connectivity index (χ3n) is 5.08. The van der Waals surface area contributed by atoms with Crippen LogP contribution >= 0.6 is 0 Å². The van der Waals surface area contributed by atoms with Crippen LogP contribution in [0.2, 0.25) is 0 Å². The topological polar surface area (TPSA) is 51.0 Å². The maximum atomic E-state index is 13.7. The van der Waals surface area contributed by atoms with Crippen LogP contribution in [0.1, 0.15) is 61.6 Å². The van der Waals surface area contributed by atoms with Gasteiger partial charge in [-0.3, -0.25) is 4.79 Å². The largest absolute Gasteiger partial charge is 0.309 e. The quantitative estimate of drug-likeness (QED) is 0.633. The van der Waals surface area contributed by atoms with E-state index in [0.717, 1.165) is 30.7 Å². The van der Waals surface area contributed by atoms with E-state index in [-0.39, 0.29) is 11.9 Å². The van der Waals surface area contributed by atoms with Crippen molar-refractivity contribution in [1.82, 2.24) is 14.8 Å². The Morgan fingerprint density at radius 2 is 2.00 bits per heavy atom. The smallest absolute Gasteiger partial charge is 0.259 e. The first-order chi connectivity index (χ1) is 13.4. The predicted octanol–water partition coefficient (Wildman–Crippen LogP) is 4.83. The fourth-order valence-corrected chi connectivity index (χ4v) is 3.42. The van der Waals surface area contributed by atoms with Gasteiger partial charge in [-0.05, 0) is 51.8 Å². The summed E-state index contributed by atoms with van der Waals surface area (Å²) in [6.45, 7) is 6.15. The zero-order valence-electron chi connectivity index (χ0n) is 16.1. The lowest BCUT2D eigenvalue weighted by molar-refractivity contribution is 0.0989. The number of anilines is 1. The van der Waals surface area contributed by atoms with Gasteiger partial charge in [-0.1, -0.05) is 0 Å². The number of carbonyl (C=O) groups excluding carboxylic acids is 1. The van der Waals surface area contributed by atoms with E-state index in [9.17, 15) is 13.6 Å². The van der Waals surface area contributed by atoms with Crippen LogP contribution in [0.3, 0.4) is 0 Å². The highest BCUT2D eigenvalue weighted by atomic mass is 19.2. The molecule has 146 valence electrons. The molecule has 0 saturated heterocycles. The number of nitrogens with zero attached hydrogens (tertiary/aromatic N) is 4. The Hall–Kier alpha value is -2.83. The normalized spacial score (nSPS) is 14.1.